The van der Waals surface area contributed by atoms with E-state index in [1.165, 1.54) is 13.0 Å². The summed E-state index contributed by atoms with van der Waals surface area (Å²) in [5, 5.41) is 4.94. The molecule has 0 bridgehead atoms. The van der Waals surface area contributed by atoms with Crippen molar-refractivity contribution in [2.45, 2.75) is 24.0 Å². The van der Waals surface area contributed by atoms with Gasteiger partial charge < -0.3 is 4.79 Å². The van der Waals surface area contributed by atoms with Crippen LogP contribution in [0.4, 0.5) is 0 Å². The summed E-state index contributed by atoms with van der Waals surface area (Å²) in [4.78, 5) is 11.5. The second-order valence-corrected chi connectivity index (χ2v) is 5.92. The maximum atomic E-state index is 10.9. The van der Waals surface area contributed by atoms with Gasteiger partial charge in [-0.15, -0.1) is 11.3 Å². The zero-order valence-corrected chi connectivity index (χ0v) is 9.32. The highest BCUT2D eigenvalue weighted by atomic mass is 32.2. The van der Waals surface area contributed by atoms with E-state index in [9.17, 15) is 13.2 Å². The number of Topliss-reactive ketones (excluding diaryl/α,β-unsaturated/α-hetero) is 1. The van der Waals surface area contributed by atoms with Gasteiger partial charge in [-0.05, 0) is 25.5 Å². The largest absolute Gasteiger partial charge is 0.300 e. The number of rotatable bonds is 4. The number of carbonyl (C=O) groups excluding carboxylic acids is 1. The Morgan fingerprint density at radius 3 is 2.57 bits per heavy atom. The van der Waals surface area contributed by atoms with Crippen LogP contribution in [0.25, 0.3) is 0 Å². The van der Waals surface area contributed by atoms with E-state index in [4.69, 9.17) is 5.14 Å². The van der Waals surface area contributed by atoms with Gasteiger partial charge in [0, 0.05) is 11.3 Å². The molecule has 6 heteroatoms. The molecular weight excluding hydrogens is 222 g/mol. The Balaban J connectivity index is 2.74. The van der Waals surface area contributed by atoms with Crippen LogP contribution in [0, 0.1) is 0 Å². The van der Waals surface area contributed by atoms with Crippen molar-refractivity contribution in [3.05, 3.63) is 17.0 Å². The van der Waals surface area contributed by atoms with Crippen molar-refractivity contribution in [3.63, 3.8) is 0 Å². The number of hydrogen-bond donors (Lipinski definition) is 1. The van der Waals surface area contributed by atoms with Gasteiger partial charge in [-0.2, -0.15) is 0 Å². The average molecular weight is 233 g/mol. The summed E-state index contributed by atoms with van der Waals surface area (Å²) >= 11 is 1.12. The lowest BCUT2D eigenvalue weighted by atomic mass is 10.2. The number of carbonyl (C=O) groups is 1. The van der Waals surface area contributed by atoms with Crippen LogP contribution in [0.3, 0.4) is 0 Å². The fourth-order valence-corrected chi connectivity index (χ4v) is 2.72. The van der Waals surface area contributed by atoms with Crippen molar-refractivity contribution < 1.29 is 13.2 Å². The second-order valence-electron chi connectivity index (χ2n) is 2.97. The lowest BCUT2D eigenvalue weighted by molar-refractivity contribution is -0.116. The number of aryl methyl sites for hydroxylation is 1. The van der Waals surface area contributed by atoms with Gasteiger partial charge in [0.1, 0.15) is 9.99 Å². The maximum Gasteiger partial charge on any atom is 0.247 e. The van der Waals surface area contributed by atoms with Crippen LogP contribution in [-0.4, -0.2) is 14.2 Å². The molecule has 0 atom stereocenters. The molecule has 1 aromatic heterocycles. The molecule has 1 heterocycles. The van der Waals surface area contributed by atoms with Crippen molar-refractivity contribution in [2.75, 3.05) is 0 Å². The lowest BCUT2D eigenvalue weighted by Gasteiger charge is -1.92. The molecule has 0 aliphatic heterocycles. The minimum atomic E-state index is -3.59. The van der Waals surface area contributed by atoms with Crippen molar-refractivity contribution >= 4 is 27.1 Å². The first-order valence-electron chi connectivity index (χ1n) is 4.00. The Kier molecular flexibility index (Phi) is 3.41. The first kappa shape index (κ1) is 11.4. The highest BCUT2D eigenvalue weighted by molar-refractivity contribution is 7.91. The van der Waals surface area contributed by atoms with Crippen molar-refractivity contribution in [1.29, 1.82) is 0 Å². The number of hydrogen-bond acceptors (Lipinski definition) is 4. The van der Waals surface area contributed by atoms with E-state index < -0.39 is 10.0 Å². The maximum absolute atomic E-state index is 10.9. The predicted octanol–water partition coefficient (Wildman–Crippen LogP) is 0.917. The summed E-state index contributed by atoms with van der Waals surface area (Å²) in [7, 11) is -3.59. The minimum absolute atomic E-state index is 0.0931. The standard InChI is InChI=1S/C8H11NO3S2/c1-6(10)2-3-7-4-5-8(13-7)14(9,11)12/h4-5H,2-3H2,1H3,(H2,9,11,12). The fourth-order valence-electron chi connectivity index (χ4n) is 0.945. The zero-order valence-electron chi connectivity index (χ0n) is 7.69. The Hall–Kier alpha value is -0.720. The number of sulfonamides is 1. The van der Waals surface area contributed by atoms with Crippen molar-refractivity contribution in [1.82, 2.24) is 0 Å². The van der Waals surface area contributed by atoms with Crippen LogP contribution in [0.15, 0.2) is 16.3 Å². The summed E-state index contributed by atoms with van der Waals surface area (Å²) in [6.07, 6.45) is 1.01. The Morgan fingerprint density at radius 2 is 2.14 bits per heavy atom. The molecule has 4 nitrogen and oxygen atoms in total. The Bertz CT molecular complexity index is 433. The molecule has 2 N–H and O–H groups in total. The van der Waals surface area contributed by atoms with Gasteiger partial charge in [0.25, 0.3) is 0 Å². The number of primary sulfonamides is 1. The van der Waals surface area contributed by atoms with E-state index in [0.29, 0.717) is 12.8 Å². The molecule has 78 valence electrons. The van der Waals surface area contributed by atoms with E-state index in [0.717, 1.165) is 16.2 Å². The molecule has 14 heavy (non-hydrogen) atoms. The summed E-state index contributed by atoms with van der Waals surface area (Å²) in [6.45, 7) is 1.51. The van der Waals surface area contributed by atoms with Gasteiger partial charge in [0.2, 0.25) is 10.0 Å². The summed E-state index contributed by atoms with van der Waals surface area (Å²) < 4.78 is 22.0. The molecule has 0 amide bonds. The Labute approximate surface area is 86.8 Å². The number of thiophene rings is 1. The quantitative estimate of drug-likeness (QED) is 0.840. The van der Waals surface area contributed by atoms with Gasteiger partial charge >= 0.3 is 0 Å². The summed E-state index contributed by atoms with van der Waals surface area (Å²) in [5.41, 5.74) is 0. The molecule has 0 saturated carbocycles. The summed E-state index contributed by atoms with van der Waals surface area (Å²) in [6, 6.07) is 3.16. The molecule has 0 saturated heterocycles. The third kappa shape index (κ3) is 3.21. The number of nitrogens with two attached hydrogens (primary N) is 1. The van der Waals surface area contributed by atoms with Crippen LogP contribution in [0.1, 0.15) is 18.2 Å². The first-order chi connectivity index (χ1) is 6.39. The molecule has 0 aliphatic carbocycles. The molecule has 0 unspecified atom stereocenters. The zero-order chi connectivity index (χ0) is 10.8. The molecule has 0 radical (unpaired) electrons. The lowest BCUT2D eigenvalue weighted by Crippen LogP contribution is -2.09. The Morgan fingerprint density at radius 1 is 1.50 bits per heavy atom. The summed E-state index contributed by atoms with van der Waals surface area (Å²) in [5.74, 6) is 0.0931. The van der Waals surface area contributed by atoms with Crippen LogP contribution >= 0.6 is 11.3 Å². The first-order valence-corrected chi connectivity index (χ1v) is 6.37. The molecule has 0 fully saturated rings. The van der Waals surface area contributed by atoms with Crippen LogP contribution in [-0.2, 0) is 21.2 Å². The van der Waals surface area contributed by atoms with Gasteiger partial charge in [-0.3, -0.25) is 0 Å². The fraction of sp³-hybridized carbons (Fsp3) is 0.375. The molecule has 0 aliphatic rings. The van der Waals surface area contributed by atoms with Gasteiger partial charge in [-0.1, -0.05) is 0 Å². The van der Waals surface area contributed by atoms with E-state index in [1.54, 1.807) is 6.07 Å². The normalized spacial score (nSPS) is 11.6. The highest BCUT2D eigenvalue weighted by Gasteiger charge is 2.10. The van der Waals surface area contributed by atoms with Gasteiger partial charge in [0.05, 0.1) is 0 Å². The second kappa shape index (κ2) is 4.20. The molecular formula is C8H11NO3S2. The van der Waals surface area contributed by atoms with Crippen molar-refractivity contribution in [3.8, 4) is 0 Å². The van der Waals surface area contributed by atoms with Crippen LogP contribution in [0.2, 0.25) is 0 Å². The monoisotopic (exact) mass is 233 g/mol. The highest BCUT2D eigenvalue weighted by Crippen LogP contribution is 2.21. The predicted molar refractivity (Wildman–Crippen MR) is 54.7 cm³/mol. The smallest absolute Gasteiger partial charge is 0.247 e. The molecule has 1 rings (SSSR count). The van der Waals surface area contributed by atoms with Crippen molar-refractivity contribution in [2.24, 2.45) is 5.14 Å². The van der Waals surface area contributed by atoms with Gasteiger partial charge in [-0.25, -0.2) is 13.6 Å². The van der Waals surface area contributed by atoms with E-state index in [1.807, 2.05) is 0 Å². The average Bonchev–Trinajstić information content (AvgIpc) is 2.47. The minimum Gasteiger partial charge on any atom is -0.300 e. The van der Waals surface area contributed by atoms with Crippen LogP contribution < -0.4 is 5.14 Å². The van der Waals surface area contributed by atoms with E-state index in [2.05, 4.69) is 0 Å². The van der Waals surface area contributed by atoms with E-state index in [-0.39, 0.29) is 9.99 Å². The van der Waals surface area contributed by atoms with E-state index >= 15 is 0 Å². The van der Waals surface area contributed by atoms with Crippen LogP contribution in [0.5, 0.6) is 0 Å². The molecule has 0 spiro atoms. The SMILES string of the molecule is CC(=O)CCc1ccc(S(N)(=O)=O)s1. The van der Waals surface area contributed by atoms with Gasteiger partial charge in [0.15, 0.2) is 0 Å². The third-order valence-electron chi connectivity index (χ3n) is 1.64. The third-order valence-corrected chi connectivity index (χ3v) is 4.22. The molecule has 1 aromatic rings. The topological polar surface area (TPSA) is 77.2 Å². The molecule has 0 aromatic carbocycles. The number of ketones is 1.